The van der Waals surface area contributed by atoms with E-state index in [1.54, 1.807) is 12.3 Å². The van der Waals surface area contributed by atoms with Crippen LogP contribution in [0.3, 0.4) is 0 Å². The maximum absolute atomic E-state index is 14.0. The molecule has 0 bridgehead atoms. The molecule has 1 aliphatic rings. The predicted octanol–water partition coefficient (Wildman–Crippen LogP) is 3.86. The standard InChI is InChI=1S/C16H19FN2S/c1-18-16(12-7-8-19-10-13(12)17)15-9-11-5-3-2-4-6-14(11)20-15/h7-10,16,18H,2-6H2,1H3. The SMILES string of the molecule is CNC(c1cc2c(s1)CCCCC2)c1ccncc1F. The maximum atomic E-state index is 14.0. The van der Waals surface area contributed by atoms with Crippen LogP contribution in [0, 0.1) is 5.82 Å². The minimum atomic E-state index is -0.240. The van der Waals surface area contributed by atoms with E-state index in [0.29, 0.717) is 5.56 Å². The van der Waals surface area contributed by atoms with Gasteiger partial charge in [-0.2, -0.15) is 0 Å². The Morgan fingerprint density at radius 3 is 2.95 bits per heavy atom. The van der Waals surface area contributed by atoms with Crippen molar-refractivity contribution in [2.24, 2.45) is 0 Å². The maximum Gasteiger partial charge on any atom is 0.146 e. The van der Waals surface area contributed by atoms with E-state index in [9.17, 15) is 4.39 Å². The van der Waals surface area contributed by atoms with E-state index < -0.39 is 0 Å². The van der Waals surface area contributed by atoms with Gasteiger partial charge in [0.05, 0.1) is 12.2 Å². The van der Waals surface area contributed by atoms with E-state index in [0.717, 1.165) is 0 Å². The second kappa shape index (κ2) is 6.02. The van der Waals surface area contributed by atoms with Gasteiger partial charge in [-0.1, -0.05) is 6.42 Å². The van der Waals surface area contributed by atoms with Gasteiger partial charge in [-0.3, -0.25) is 4.98 Å². The van der Waals surface area contributed by atoms with Crippen LogP contribution in [0.5, 0.6) is 0 Å². The molecule has 0 saturated carbocycles. The van der Waals surface area contributed by atoms with Crippen molar-refractivity contribution < 1.29 is 4.39 Å². The molecule has 20 heavy (non-hydrogen) atoms. The fraction of sp³-hybridized carbons (Fsp3) is 0.438. The summed E-state index contributed by atoms with van der Waals surface area (Å²) in [7, 11) is 1.88. The zero-order valence-corrected chi connectivity index (χ0v) is 12.5. The van der Waals surface area contributed by atoms with Crippen LogP contribution < -0.4 is 5.32 Å². The third kappa shape index (κ3) is 2.63. The van der Waals surface area contributed by atoms with Gasteiger partial charge in [0.2, 0.25) is 0 Å². The van der Waals surface area contributed by atoms with Crippen molar-refractivity contribution >= 4 is 11.3 Å². The second-order valence-electron chi connectivity index (χ2n) is 5.28. The number of aryl methyl sites for hydroxylation is 2. The van der Waals surface area contributed by atoms with Crippen LogP contribution in [0.25, 0.3) is 0 Å². The van der Waals surface area contributed by atoms with Gasteiger partial charge < -0.3 is 5.32 Å². The number of nitrogens with one attached hydrogen (secondary N) is 1. The summed E-state index contributed by atoms with van der Waals surface area (Å²) in [5.74, 6) is -0.240. The molecule has 106 valence electrons. The highest BCUT2D eigenvalue weighted by molar-refractivity contribution is 7.12. The molecule has 0 radical (unpaired) electrons. The Balaban J connectivity index is 1.96. The number of nitrogens with zero attached hydrogens (tertiary/aromatic N) is 1. The molecule has 0 saturated heterocycles. The summed E-state index contributed by atoms with van der Waals surface area (Å²) >= 11 is 1.84. The lowest BCUT2D eigenvalue weighted by molar-refractivity contribution is 0.573. The van der Waals surface area contributed by atoms with E-state index >= 15 is 0 Å². The van der Waals surface area contributed by atoms with E-state index in [1.807, 2.05) is 18.4 Å². The number of thiophene rings is 1. The average Bonchev–Trinajstić information content (AvgIpc) is 2.72. The molecular weight excluding hydrogens is 271 g/mol. The summed E-state index contributed by atoms with van der Waals surface area (Å²) in [5.41, 5.74) is 2.15. The summed E-state index contributed by atoms with van der Waals surface area (Å²) < 4.78 is 14.0. The zero-order chi connectivity index (χ0) is 13.9. The molecule has 0 fully saturated rings. The lowest BCUT2D eigenvalue weighted by atomic mass is 10.0. The Morgan fingerprint density at radius 2 is 2.15 bits per heavy atom. The summed E-state index contributed by atoms with van der Waals surface area (Å²) in [5, 5.41) is 3.24. The van der Waals surface area contributed by atoms with Crippen molar-refractivity contribution in [3.8, 4) is 0 Å². The average molecular weight is 290 g/mol. The van der Waals surface area contributed by atoms with Crippen LogP contribution in [-0.4, -0.2) is 12.0 Å². The molecule has 4 heteroatoms. The zero-order valence-electron chi connectivity index (χ0n) is 11.7. The molecule has 0 amide bonds. The molecule has 1 unspecified atom stereocenters. The minimum absolute atomic E-state index is 0.0741. The molecule has 1 N–H and O–H groups in total. The van der Waals surface area contributed by atoms with Crippen molar-refractivity contribution in [1.82, 2.24) is 10.3 Å². The van der Waals surface area contributed by atoms with Gasteiger partial charge >= 0.3 is 0 Å². The van der Waals surface area contributed by atoms with Crippen molar-refractivity contribution in [1.29, 1.82) is 0 Å². The van der Waals surface area contributed by atoms with Gasteiger partial charge in [0.15, 0.2) is 0 Å². The van der Waals surface area contributed by atoms with Gasteiger partial charge in [-0.15, -0.1) is 11.3 Å². The van der Waals surface area contributed by atoms with Crippen LogP contribution >= 0.6 is 11.3 Å². The number of hydrogen-bond acceptors (Lipinski definition) is 3. The first-order chi connectivity index (χ1) is 9.79. The van der Waals surface area contributed by atoms with Crippen LogP contribution in [-0.2, 0) is 12.8 Å². The largest absolute Gasteiger partial charge is 0.309 e. The first-order valence-corrected chi connectivity index (χ1v) is 7.99. The minimum Gasteiger partial charge on any atom is -0.309 e. The van der Waals surface area contributed by atoms with E-state index in [4.69, 9.17) is 0 Å². The number of aromatic nitrogens is 1. The molecule has 0 aliphatic heterocycles. The lowest BCUT2D eigenvalue weighted by Gasteiger charge is -2.15. The Labute approximate surface area is 123 Å². The van der Waals surface area contributed by atoms with Crippen molar-refractivity contribution in [3.63, 3.8) is 0 Å². The van der Waals surface area contributed by atoms with Crippen molar-refractivity contribution in [3.05, 3.63) is 51.2 Å². The molecule has 0 spiro atoms. The molecule has 1 atom stereocenters. The molecule has 2 nitrogen and oxygen atoms in total. The first-order valence-electron chi connectivity index (χ1n) is 7.17. The molecule has 0 aromatic carbocycles. The lowest BCUT2D eigenvalue weighted by Crippen LogP contribution is -2.18. The summed E-state index contributed by atoms with van der Waals surface area (Å²) in [4.78, 5) is 6.54. The van der Waals surface area contributed by atoms with Gasteiger partial charge in [0, 0.05) is 21.5 Å². The summed E-state index contributed by atoms with van der Waals surface area (Å²) in [6.45, 7) is 0. The summed E-state index contributed by atoms with van der Waals surface area (Å²) in [6.07, 6.45) is 9.17. The Bertz CT molecular complexity index is 570. The Morgan fingerprint density at radius 1 is 1.30 bits per heavy atom. The van der Waals surface area contributed by atoms with E-state index in [2.05, 4.69) is 16.4 Å². The van der Waals surface area contributed by atoms with Crippen LogP contribution in [0.4, 0.5) is 4.39 Å². The number of fused-ring (bicyclic) bond motifs is 1. The highest BCUT2D eigenvalue weighted by atomic mass is 32.1. The van der Waals surface area contributed by atoms with E-state index in [1.165, 1.54) is 53.6 Å². The number of hydrogen-bond donors (Lipinski definition) is 1. The van der Waals surface area contributed by atoms with Gasteiger partial charge in [-0.05, 0) is 50.4 Å². The van der Waals surface area contributed by atoms with E-state index in [-0.39, 0.29) is 11.9 Å². The number of halogens is 1. The van der Waals surface area contributed by atoms with Crippen molar-refractivity contribution in [2.75, 3.05) is 7.05 Å². The Kier molecular flexibility index (Phi) is 4.13. The highest BCUT2D eigenvalue weighted by Crippen LogP contribution is 2.35. The molecule has 2 aromatic rings. The van der Waals surface area contributed by atoms with Gasteiger partial charge in [0.25, 0.3) is 0 Å². The monoisotopic (exact) mass is 290 g/mol. The van der Waals surface area contributed by atoms with Crippen LogP contribution in [0.2, 0.25) is 0 Å². The first kappa shape index (κ1) is 13.7. The number of rotatable bonds is 3. The molecular formula is C16H19FN2S. The van der Waals surface area contributed by atoms with Gasteiger partial charge in [0.1, 0.15) is 5.82 Å². The van der Waals surface area contributed by atoms with Gasteiger partial charge in [-0.25, -0.2) is 4.39 Å². The topological polar surface area (TPSA) is 24.9 Å². The molecule has 2 heterocycles. The fourth-order valence-electron chi connectivity index (χ4n) is 2.90. The summed E-state index contributed by atoms with van der Waals surface area (Å²) in [6, 6.07) is 3.96. The third-order valence-electron chi connectivity index (χ3n) is 3.95. The second-order valence-corrected chi connectivity index (χ2v) is 6.45. The Hall–Kier alpha value is -1.26. The molecule has 1 aliphatic carbocycles. The predicted molar refractivity (Wildman–Crippen MR) is 80.7 cm³/mol. The smallest absolute Gasteiger partial charge is 0.146 e. The highest BCUT2D eigenvalue weighted by Gasteiger charge is 2.21. The number of pyridine rings is 1. The quantitative estimate of drug-likeness (QED) is 0.868. The fourth-order valence-corrected chi connectivity index (χ4v) is 4.29. The van der Waals surface area contributed by atoms with Crippen molar-refractivity contribution in [2.45, 2.75) is 38.1 Å². The molecule has 3 rings (SSSR count). The normalized spacial score (nSPS) is 16.5. The van der Waals surface area contributed by atoms with Crippen LogP contribution in [0.1, 0.15) is 46.2 Å². The third-order valence-corrected chi connectivity index (χ3v) is 5.26. The van der Waals surface area contributed by atoms with Crippen LogP contribution in [0.15, 0.2) is 24.5 Å². The molecule has 2 aromatic heterocycles.